The first-order valence-corrected chi connectivity index (χ1v) is 6.38. The van der Waals surface area contributed by atoms with Gasteiger partial charge in [0.05, 0.1) is 6.04 Å². The number of carbonyl (C=O) groups is 2. The van der Waals surface area contributed by atoms with Crippen LogP contribution in [0, 0.1) is 0 Å². The number of hydroxylamine groups is 1. The van der Waals surface area contributed by atoms with E-state index in [0.717, 1.165) is 5.56 Å². The summed E-state index contributed by atoms with van der Waals surface area (Å²) in [6.45, 7) is 1.87. The maximum atomic E-state index is 12.2. The summed E-state index contributed by atoms with van der Waals surface area (Å²) in [5, 5.41) is 11.4. The number of amides is 2. The Labute approximate surface area is 121 Å². The Morgan fingerprint density at radius 1 is 1.14 bits per heavy atom. The Hall–Kier alpha value is -2.73. The maximum absolute atomic E-state index is 12.2. The van der Waals surface area contributed by atoms with E-state index < -0.39 is 5.91 Å². The number of rotatable bonds is 4. The van der Waals surface area contributed by atoms with E-state index in [-0.39, 0.29) is 17.6 Å². The van der Waals surface area contributed by atoms with Gasteiger partial charge in [-0.15, -0.1) is 0 Å². The molecule has 0 fully saturated rings. The predicted octanol–water partition coefficient (Wildman–Crippen LogP) is 1.69. The highest BCUT2D eigenvalue weighted by Crippen LogP contribution is 2.12. The predicted molar refractivity (Wildman–Crippen MR) is 75.8 cm³/mol. The molecule has 0 spiro atoms. The topological polar surface area (TPSA) is 91.3 Å². The Bertz CT molecular complexity index is 644. The molecule has 1 atom stereocenters. The molecular formula is C15H15N3O3. The lowest BCUT2D eigenvalue weighted by Crippen LogP contribution is -2.27. The fraction of sp³-hybridized carbons (Fsp3) is 0.133. The summed E-state index contributed by atoms with van der Waals surface area (Å²) in [5.41, 5.74) is 2.73. The maximum Gasteiger partial charge on any atom is 0.293 e. The zero-order valence-electron chi connectivity index (χ0n) is 11.4. The van der Waals surface area contributed by atoms with Crippen LogP contribution in [0.1, 0.15) is 39.4 Å². The molecule has 1 aromatic carbocycles. The van der Waals surface area contributed by atoms with Gasteiger partial charge < -0.3 is 5.32 Å². The van der Waals surface area contributed by atoms with Gasteiger partial charge in [-0.05, 0) is 24.6 Å². The molecule has 0 bridgehead atoms. The van der Waals surface area contributed by atoms with E-state index in [2.05, 4.69) is 10.3 Å². The Morgan fingerprint density at radius 3 is 2.52 bits per heavy atom. The number of carbonyl (C=O) groups excluding carboxylic acids is 2. The molecule has 0 radical (unpaired) electrons. The molecule has 2 amide bonds. The number of aromatic nitrogens is 1. The molecule has 0 aliphatic rings. The van der Waals surface area contributed by atoms with E-state index in [0.29, 0.717) is 5.56 Å². The monoisotopic (exact) mass is 285 g/mol. The summed E-state index contributed by atoms with van der Waals surface area (Å²) in [6, 6.07) is 12.2. The highest BCUT2D eigenvalue weighted by Gasteiger charge is 2.14. The van der Waals surface area contributed by atoms with Gasteiger partial charge in [0, 0.05) is 11.8 Å². The van der Waals surface area contributed by atoms with Gasteiger partial charge in [-0.25, -0.2) is 5.48 Å². The molecular weight excluding hydrogens is 270 g/mol. The Morgan fingerprint density at radius 2 is 1.86 bits per heavy atom. The zero-order valence-corrected chi connectivity index (χ0v) is 11.4. The van der Waals surface area contributed by atoms with Crippen LogP contribution < -0.4 is 10.8 Å². The minimum absolute atomic E-state index is 0.0301. The van der Waals surface area contributed by atoms with Crippen molar-refractivity contribution in [1.29, 1.82) is 0 Å². The van der Waals surface area contributed by atoms with Gasteiger partial charge >= 0.3 is 0 Å². The van der Waals surface area contributed by atoms with Crippen LogP contribution in [0.2, 0.25) is 0 Å². The van der Waals surface area contributed by atoms with Gasteiger partial charge in [0.15, 0.2) is 0 Å². The number of benzene rings is 1. The first-order chi connectivity index (χ1) is 10.1. The summed E-state index contributed by atoms with van der Waals surface area (Å²) >= 11 is 0. The minimum atomic E-state index is -0.763. The SMILES string of the molecule is C[C@@H](NC(=O)c1ccnc(C(=O)NO)c1)c1ccccc1. The highest BCUT2D eigenvalue weighted by molar-refractivity contribution is 5.98. The Balaban J connectivity index is 2.12. The first kappa shape index (κ1) is 14.7. The van der Waals surface area contributed by atoms with Crippen LogP contribution in [0.5, 0.6) is 0 Å². The van der Waals surface area contributed by atoms with Crippen molar-refractivity contribution in [2.24, 2.45) is 0 Å². The molecule has 108 valence electrons. The fourth-order valence-electron chi connectivity index (χ4n) is 1.86. The molecule has 0 saturated carbocycles. The van der Waals surface area contributed by atoms with Crippen molar-refractivity contribution >= 4 is 11.8 Å². The molecule has 1 aromatic heterocycles. The quantitative estimate of drug-likeness (QED) is 0.589. The normalized spacial score (nSPS) is 11.5. The summed E-state index contributed by atoms with van der Waals surface area (Å²) in [4.78, 5) is 27.2. The fourth-order valence-corrected chi connectivity index (χ4v) is 1.86. The van der Waals surface area contributed by atoms with Gasteiger partial charge in [-0.2, -0.15) is 0 Å². The smallest absolute Gasteiger partial charge is 0.293 e. The van der Waals surface area contributed by atoms with Crippen LogP contribution >= 0.6 is 0 Å². The molecule has 0 aliphatic carbocycles. The minimum Gasteiger partial charge on any atom is -0.346 e. The lowest BCUT2D eigenvalue weighted by molar-refractivity contribution is 0.0700. The van der Waals surface area contributed by atoms with Crippen LogP contribution in [0.3, 0.4) is 0 Å². The molecule has 6 nitrogen and oxygen atoms in total. The van der Waals surface area contributed by atoms with E-state index >= 15 is 0 Å². The van der Waals surface area contributed by atoms with E-state index in [1.165, 1.54) is 23.8 Å². The summed E-state index contributed by atoms with van der Waals surface area (Å²) in [7, 11) is 0. The third-order valence-corrected chi connectivity index (χ3v) is 3.00. The average molecular weight is 285 g/mol. The molecule has 0 saturated heterocycles. The zero-order chi connectivity index (χ0) is 15.2. The summed E-state index contributed by atoms with van der Waals surface area (Å²) in [6.07, 6.45) is 1.34. The molecule has 2 aromatic rings. The van der Waals surface area contributed by atoms with Gasteiger partial charge in [-0.3, -0.25) is 19.8 Å². The number of hydrogen-bond donors (Lipinski definition) is 3. The van der Waals surface area contributed by atoms with Crippen molar-refractivity contribution < 1.29 is 14.8 Å². The largest absolute Gasteiger partial charge is 0.346 e. The number of hydrogen-bond acceptors (Lipinski definition) is 4. The highest BCUT2D eigenvalue weighted by atomic mass is 16.5. The molecule has 2 rings (SSSR count). The average Bonchev–Trinajstić information content (AvgIpc) is 2.55. The summed E-state index contributed by atoms with van der Waals surface area (Å²) < 4.78 is 0. The Kier molecular flexibility index (Phi) is 4.63. The third-order valence-electron chi connectivity index (χ3n) is 3.00. The third kappa shape index (κ3) is 3.64. The van der Waals surface area contributed by atoms with E-state index in [4.69, 9.17) is 5.21 Å². The van der Waals surface area contributed by atoms with Crippen molar-refractivity contribution in [3.8, 4) is 0 Å². The van der Waals surface area contributed by atoms with Crippen molar-refractivity contribution in [2.45, 2.75) is 13.0 Å². The van der Waals surface area contributed by atoms with Gasteiger partial charge in [0.25, 0.3) is 11.8 Å². The van der Waals surface area contributed by atoms with Crippen LogP contribution in [0.15, 0.2) is 48.7 Å². The molecule has 3 N–H and O–H groups in total. The summed E-state index contributed by atoms with van der Waals surface area (Å²) in [5.74, 6) is -1.08. The van der Waals surface area contributed by atoms with E-state index in [1.54, 1.807) is 0 Å². The molecule has 0 aliphatic heterocycles. The number of nitrogens with one attached hydrogen (secondary N) is 2. The second kappa shape index (κ2) is 6.62. The standard InChI is InChI=1S/C15H15N3O3/c1-10(11-5-3-2-4-6-11)17-14(19)12-7-8-16-13(9-12)15(20)18-21/h2-10,21H,1H3,(H,17,19)(H,18,20)/t10-/m1/s1. The van der Waals surface area contributed by atoms with Crippen LogP contribution in [0.25, 0.3) is 0 Å². The van der Waals surface area contributed by atoms with Crippen LogP contribution in [0.4, 0.5) is 0 Å². The van der Waals surface area contributed by atoms with E-state index in [9.17, 15) is 9.59 Å². The van der Waals surface area contributed by atoms with Crippen molar-refractivity contribution in [3.05, 3.63) is 65.5 Å². The van der Waals surface area contributed by atoms with Crippen molar-refractivity contribution in [1.82, 2.24) is 15.8 Å². The van der Waals surface area contributed by atoms with E-state index in [1.807, 2.05) is 37.3 Å². The number of pyridine rings is 1. The van der Waals surface area contributed by atoms with Gasteiger partial charge in [0.2, 0.25) is 0 Å². The molecule has 1 heterocycles. The van der Waals surface area contributed by atoms with Crippen molar-refractivity contribution in [2.75, 3.05) is 0 Å². The van der Waals surface area contributed by atoms with Gasteiger partial charge in [-0.1, -0.05) is 30.3 Å². The molecule has 0 unspecified atom stereocenters. The lowest BCUT2D eigenvalue weighted by Gasteiger charge is -2.14. The van der Waals surface area contributed by atoms with Gasteiger partial charge in [0.1, 0.15) is 5.69 Å². The molecule has 21 heavy (non-hydrogen) atoms. The lowest BCUT2D eigenvalue weighted by atomic mass is 10.1. The second-order valence-corrected chi connectivity index (χ2v) is 4.48. The van der Waals surface area contributed by atoms with Crippen molar-refractivity contribution in [3.63, 3.8) is 0 Å². The molecule has 6 heteroatoms. The second-order valence-electron chi connectivity index (χ2n) is 4.48. The van der Waals surface area contributed by atoms with Crippen LogP contribution in [-0.2, 0) is 0 Å². The number of nitrogens with zero attached hydrogens (tertiary/aromatic N) is 1. The van der Waals surface area contributed by atoms with Crippen LogP contribution in [-0.4, -0.2) is 22.0 Å². The first-order valence-electron chi connectivity index (χ1n) is 6.38.